The van der Waals surface area contributed by atoms with Gasteiger partial charge in [-0.3, -0.25) is 4.99 Å². The average molecular weight is 332 g/mol. The molecule has 0 amide bonds. The van der Waals surface area contributed by atoms with Crippen LogP contribution in [-0.4, -0.2) is 23.9 Å². The van der Waals surface area contributed by atoms with Gasteiger partial charge in [0.2, 0.25) is 0 Å². The van der Waals surface area contributed by atoms with Crippen LogP contribution < -0.4 is 0 Å². The number of aryl methyl sites for hydroxylation is 1. The number of hydrogen-bond acceptors (Lipinski definition) is 3. The summed E-state index contributed by atoms with van der Waals surface area (Å²) >= 11 is 0. The van der Waals surface area contributed by atoms with E-state index in [1.165, 1.54) is 7.11 Å². The van der Waals surface area contributed by atoms with E-state index in [2.05, 4.69) is 41.6 Å². The number of hydrogen-bond donors (Lipinski definition) is 0. The molecule has 3 rings (SSSR count). The molecule has 25 heavy (non-hydrogen) atoms. The fourth-order valence-electron chi connectivity index (χ4n) is 2.84. The van der Waals surface area contributed by atoms with Crippen LogP contribution in [0.25, 0.3) is 5.69 Å². The molecule has 0 spiro atoms. The third-order valence-corrected chi connectivity index (χ3v) is 4.13. The van der Waals surface area contributed by atoms with Gasteiger partial charge in [-0.15, -0.1) is 0 Å². The van der Waals surface area contributed by atoms with E-state index in [0.29, 0.717) is 5.56 Å². The molecule has 0 aliphatic heterocycles. The van der Waals surface area contributed by atoms with Gasteiger partial charge in [0.1, 0.15) is 0 Å². The van der Waals surface area contributed by atoms with Crippen LogP contribution in [-0.2, 0) is 4.74 Å². The lowest BCUT2D eigenvalue weighted by Gasteiger charge is -2.08. The van der Waals surface area contributed by atoms with Crippen molar-refractivity contribution in [3.05, 3.63) is 83.2 Å². The zero-order valence-electron chi connectivity index (χ0n) is 14.6. The quantitative estimate of drug-likeness (QED) is 0.516. The predicted molar refractivity (Wildman–Crippen MR) is 100 cm³/mol. The van der Waals surface area contributed by atoms with Crippen LogP contribution in [0.3, 0.4) is 0 Å². The molecule has 2 aromatic carbocycles. The van der Waals surface area contributed by atoms with Crippen molar-refractivity contribution in [3.63, 3.8) is 0 Å². The zero-order valence-corrected chi connectivity index (χ0v) is 14.6. The van der Waals surface area contributed by atoms with Gasteiger partial charge in [-0.05, 0) is 56.3 Å². The number of ether oxygens (including phenoxy) is 1. The SMILES string of the molecule is COC(=O)c1ccc(N=Cc2cc(C)n(-c3ccccc3)c2C)cc1. The Labute approximate surface area is 147 Å². The molecule has 1 aromatic heterocycles. The molecule has 126 valence electrons. The highest BCUT2D eigenvalue weighted by Gasteiger charge is 2.09. The van der Waals surface area contributed by atoms with Crippen molar-refractivity contribution in [1.29, 1.82) is 0 Å². The van der Waals surface area contributed by atoms with Crippen molar-refractivity contribution >= 4 is 17.9 Å². The number of carbonyl (C=O) groups excluding carboxylic acids is 1. The third kappa shape index (κ3) is 3.53. The van der Waals surface area contributed by atoms with Gasteiger partial charge >= 0.3 is 5.97 Å². The second-order valence-electron chi connectivity index (χ2n) is 5.79. The molecule has 0 aliphatic rings. The second kappa shape index (κ2) is 7.18. The molecule has 1 heterocycles. The number of rotatable bonds is 4. The Morgan fingerprint density at radius 2 is 1.72 bits per heavy atom. The maximum atomic E-state index is 11.5. The van der Waals surface area contributed by atoms with E-state index in [9.17, 15) is 4.79 Å². The number of benzene rings is 2. The number of esters is 1. The Bertz CT molecular complexity index is 907. The normalized spacial score (nSPS) is 11.0. The Balaban J connectivity index is 1.86. The largest absolute Gasteiger partial charge is 0.465 e. The first-order valence-corrected chi connectivity index (χ1v) is 8.07. The van der Waals surface area contributed by atoms with Gasteiger partial charge in [0.15, 0.2) is 0 Å². The Kier molecular flexibility index (Phi) is 4.80. The van der Waals surface area contributed by atoms with Crippen LogP contribution in [0.4, 0.5) is 5.69 Å². The molecule has 0 saturated carbocycles. The zero-order chi connectivity index (χ0) is 17.8. The van der Waals surface area contributed by atoms with Gasteiger partial charge in [0.05, 0.1) is 18.4 Å². The van der Waals surface area contributed by atoms with E-state index < -0.39 is 0 Å². The predicted octanol–water partition coefficient (Wildman–Crippen LogP) is 4.63. The van der Waals surface area contributed by atoms with Crippen molar-refractivity contribution in [2.75, 3.05) is 7.11 Å². The highest BCUT2D eigenvalue weighted by molar-refractivity contribution is 5.90. The maximum Gasteiger partial charge on any atom is 0.337 e. The Hall–Kier alpha value is -3.14. The van der Waals surface area contributed by atoms with E-state index in [-0.39, 0.29) is 5.97 Å². The van der Waals surface area contributed by atoms with Gasteiger partial charge in [-0.1, -0.05) is 18.2 Å². The summed E-state index contributed by atoms with van der Waals surface area (Å²) < 4.78 is 6.91. The molecular formula is C21H20N2O2. The van der Waals surface area contributed by atoms with Crippen molar-refractivity contribution in [1.82, 2.24) is 4.57 Å². The van der Waals surface area contributed by atoms with Crippen molar-refractivity contribution < 1.29 is 9.53 Å². The second-order valence-corrected chi connectivity index (χ2v) is 5.79. The fourth-order valence-corrected chi connectivity index (χ4v) is 2.84. The lowest BCUT2D eigenvalue weighted by atomic mass is 10.2. The smallest absolute Gasteiger partial charge is 0.337 e. The Morgan fingerprint density at radius 1 is 1.04 bits per heavy atom. The van der Waals surface area contributed by atoms with E-state index in [1.807, 2.05) is 24.4 Å². The van der Waals surface area contributed by atoms with Gasteiger partial charge in [-0.2, -0.15) is 0 Å². The van der Waals surface area contributed by atoms with Gasteiger partial charge in [-0.25, -0.2) is 4.79 Å². The van der Waals surface area contributed by atoms with Crippen LogP contribution in [0.2, 0.25) is 0 Å². The Morgan fingerprint density at radius 3 is 2.36 bits per heavy atom. The summed E-state index contributed by atoms with van der Waals surface area (Å²) in [6.45, 7) is 4.17. The number of carbonyl (C=O) groups is 1. The summed E-state index contributed by atoms with van der Waals surface area (Å²) in [5.41, 5.74) is 5.81. The van der Waals surface area contributed by atoms with Crippen molar-refractivity contribution in [3.8, 4) is 5.69 Å². The summed E-state index contributed by atoms with van der Waals surface area (Å²) in [5.74, 6) is -0.345. The molecule has 3 aromatic rings. The van der Waals surface area contributed by atoms with E-state index >= 15 is 0 Å². The van der Waals surface area contributed by atoms with Crippen molar-refractivity contribution in [2.24, 2.45) is 4.99 Å². The van der Waals surface area contributed by atoms with E-state index in [0.717, 1.165) is 28.3 Å². The number of methoxy groups -OCH3 is 1. The summed E-state index contributed by atoms with van der Waals surface area (Å²) in [4.78, 5) is 16.0. The fraction of sp³-hybridized carbons (Fsp3) is 0.143. The summed E-state index contributed by atoms with van der Waals surface area (Å²) in [5, 5.41) is 0. The van der Waals surface area contributed by atoms with Gasteiger partial charge in [0, 0.05) is 28.9 Å². The first-order chi connectivity index (χ1) is 12.1. The molecule has 0 aliphatic carbocycles. The van der Waals surface area contributed by atoms with Crippen LogP contribution in [0.1, 0.15) is 27.3 Å². The summed E-state index contributed by atoms with van der Waals surface area (Å²) in [6.07, 6.45) is 1.86. The molecule has 0 saturated heterocycles. The topological polar surface area (TPSA) is 43.6 Å². The number of aliphatic imine (C=N–C) groups is 1. The minimum Gasteiger partial charge on any atom is -0.465 e. The molecule has 0 bridgehead atoms. The molecular weight excluding hydrogens is 312 g/mol. The highest BCUT2D eigenvalue weighted by Crippen LogP contribution is 2.20. The number of aromatic nitrogens is 1. The molecule has 4 nitrogen and oxygen atoms in total. The standard InChI is InChI=1S/C21H20N2O2/c1-15-13-18(16(2)23(15)20-7-5-4-6-8-20)14-22-19-11-9-17(10-12-19)21(24)25-3/h4-14H,1-3H3. The summed E-state index contributed by atoms with van der Waals surface area (Å²) in [6, 6.07) is 19.4. The number of nitrogens with zero attached hydrogens (tertiary/aromatic N) is 2. The minimum atomic E-state index is -0.345. The maximum absolute atomic E-state index is 11.5. The molecule has 0 unspecified atom stereocenters. The van der Waals surface area contributed by atoms with E-state index in [1.54, 1.807) is 24.3 Å². The average Bonchev–Trinajstić information content (AvgIpc) is 2.94. The first kappa shape index (κ1) is 16.7. The molecule has 0 fully saturated rings. The molecule has 4 heteroatoms. The van der Waals surface area contributed by atoms with Gasteiger partial charge < -0.3 is 9.30 Å². The minimum absolute atomic E-state index is 0.345. The van der Waals surface area contributed by atoms with E-state index in [4.69, 9.17) is 4.74 Å². The van der Waals surface area contributed by atoms with Crippen molar-refractivity contribution in [2.45, 2.75) is 13.8 Å². The van der Waals surface area contributed by atoms with Crippen LogP contribution in [0.5, 0.6) is 0 Å². The summed E-state index contributed by atoms with van der Waals surface area (Å²) in [7, 11) is 1.37. The van der Waals surface area contributed by atoms with Crippen LogP contribution >= 0.6 is 0 Å². The van der Waals surface area contributed by atoms with Crippen LogP contribution in [0, 0.1) is 13.8 Å². The molecule has 0 radical (unpaired) electrons. The highest BCUT2D eigenvalue weighted by atomic mass is 16.5. The molecule has 0 atom stereocenters. The van der Waals surface area contributed by atoms with Gasteiger partial charge in [0.25, 0.3) is 0 Å². The molecule has 0 N–H and O–H groups in total. The number of para-hydroxylation sites is 1. The monoisotopic (exact) mass is 332 g/mol. The first-order valence-electron chi connectivity index (χ1n) is 8.07. The van der Waals surface area contributed by atoms with Crippen LogP contribution in [0.15, 0.2) is 65.7 Å². The lowest BCUT2D eigenvalue weighted by molar-refractivity contribution is 0.0601. The third-order valence-electron chi connectivity index (χ3n) is 4.13. The lowest BCUT2D eigenvalue weighted by Crippen LogP contribution is -1.99.